The van der Waals surface area contributed by atoms with E-state index in [1.54, 1.807) is 6.08 Å². The molecule has 0 spiro atoms. The fourth-order valence-electron chi connectivity index (χ4n) is 9.03. The van der Waals surface area contributed by atoms with Crippen molar-refractivity contribution in [2.45, 2.75) is 328 Å². The van der Waals surface area contributed by atoms with Gasteiger partial charge in [0.1, 0.15) is 0 Å². The minimum atomic E-state index is -0.865. The molecule has 3 N–H and O–H groups in total. The summed E-state index contributed by atoms with van der Waals surface area (Å²) in [4.78, 5) is 24.5. The molecule has 0 aromatic heterocycles. The largest absolute Gasteiger partial charge is 0.466 e. The smallest absolute Gasteiger partial charge is 0.305 e. The Hall–Kier alpha value is -1.92. The van der Waals surface area contributed by atoms with E-state index < -0.39 is 12.1 Å². The van der Waals surface area contributed by atoms with Crippen molar-refractivity contribution in [3.63, 3.8) is 0 Å². The topological polar surface area (TPSA) is 95.9 Å². The van der Waals surface area contributed by atoms with Gasteiger partial charge >= 0.3 is 5.97 Å². The van der Waals surface area contributed by atoms with Crippen molar-refractivity contribution in [2.75, 3.05) is 13.2 Å². The van der Waals surface area contributed by atoms with E-state index in [9.17, 15) is 19.8 Å². The first-order valence-corrected chi connectivity index (χ1v) is 29.8. The lowest BCUT2D eigenvalue weighted by Crippen LogP contribution is -2.45. The van der Waals surface area contributed by atoms with E-state index in [1.807, 2.05) is 6.08 Å². The van der Waals surface area contributed by atoms with Crippen molar-refractivity contribution in [3.8, 4) is 0 Å². The maximum Gasteiger partial charge on any atom is 0.305 e. The summed E-state index contributed by atoms with van der Waals surface area (Å²) in [5.74, 6) is -0.136. The zero-order valence-electron chi connectivity index (χ0n) is 44.9. The van der Waals surface area contributed by atoms with Gasteiger partial charge in [-0.05, 0) is 83.5 Å². The van der Waals surface area contributed by atoms with Crippen LogP contribution < -0.4 is 5.32 Å². The SMILES string of the molecule is CCCCCCC/C=C\CCCCCCCC(=O)OCCCC/C=C\CCCCCCCC(=O)NC(CO)C(O)/C=C/CCCCCCCCCCCCCCCCCCCCCCCCC. The standard InChI is InChI=1S/C61H115NO5/c1-3-5-7-9-11-13-15-17-19-20-21-22-23-24-25-26-27-28-29-30-33-37-41-45-49-53-59(64)58(57-63)62-60(65)54-50-46-42-38-34-32-36-40-44-48-52-56-67-61(66)55-51-47-43-39-35-31-18-16-14-12-10-8-6-4-2/h16,18,36,40,49,53,58-59,63-64H,3-15,17,19-35,37-39,41-48,50-52,54-57H2,1-2H3,(H,62,65)/b18-16-,40-36-,53-49+. The molecule has 0 bridgehead atoms. The maximum atomic E-state index is 12.5. The van der Waals surface area contributed by atoms with Crippen LogP contribution in [0.5, 0.6) is 0 Å². The minimum Gasteiger partial charge on any atom is -0.466 e. The molecule has 0 aromatic rings. The lowest BCUT2D eigenvalue weighted by atomic mass is 10.0. The Morgan fingerprint density at radius 2 is 0.701 bits per heavy atom. The third-order valence-electron chi connectivity index (χ3n) is 13.6. The number of ether oxygens (including phenoxy) is 1. The zero-order valence-corrected chi connectivity index (χ0v) is 44.9. The summed E-state index contributed by atoms with van der Waals surface area (Å²) in [6.07, 6.45) is 70.3. The molecule has 0 radical (unpaired) electrons. The number of aliphatic hydroxyl groups excluding tert-OH is 2. The predicted octanol–water partition coefficient (Wildman–Crippen LogP) is 18.4. The number of hydrogen-bond acceptors (Lipinski definition) is 5. The number of aliphatic hydroxyl groups is 2. The molecule has 0 heterocycles. The monoisotopic (exact) mass is 942 g/mol. The lowest BCUT2D eigenvalue weighted by Gasteiger charge is -2.20. The molecular weight excluding hydrogens is 827 g/mol. The van der Waals surface area contributed by atoms with Gasteiger partial charge in [0.15, 0.2) is 0 Å². The number of esters is 1. The molecule has 0 saturated heterocycles. The Kier molecular flexibility index (Phi) is 55.0. The second-order valence-corrected chi connectivity index (χ2v) is 20.3. The van der Waals surface area contributed by atoms with Crippen molar-refractivity contribution in [1.29, 1.82) is 0 Å². The van der Waals surface area contributed by atoms with E-state index in [1.165, 1.54) is 205 Å². The molecule has 2 atom stereocenters. The normalized spacial score (nSPS) is 12.8. The quantitative estimate of drug-likeness (QED) is 0.0321. The molecule has 394 valence electrons. The first-order chi connectivity index (χ1) is 33.0. The number of hydrogen-bond donors (Lipinski definition) is 3. The Morgan fingerprint density at radius 3 is 1.06 bits per heavy atom. The van der Waals surface area contributed by atoms with Crippen molar-refractivity contribution >= 4 is 11.9 Å². The first-order valence-electron chi connectivity index (χ1n) is 29.8. The highest BCUT2D eigenvalue weighted by atomic mass is 16.5. The van der Waals surface area contributed by atoms with Crippen LogP contribution in [0.25, 0.3) is 0 Å². The second-order valence-electron chi connectivity index (χ2n) is 20.3. The number of unbranched alkanes of at least 4 members (excludes halogenated alkanes) is 40. The van der Waals surface area contributed by atoms with Crippen molar-refractivity contribution in [2.24, 2.45) is 0 Å². The fourth-order valence-corrected chi connectivity index (χ4v) is 9.03. The number of nitrogens with one attached hydrogen (secondary N) is 1. The maximum absolute atomic E-state index is 12.5. The van der Waals surface area contributed by atoms with E-state index in [0.29, 0.717) is 19.4 Å². The summed E-state index contributed by atoms with van der Waals surface area (Å²) in [6, 6.07) is -0.651. The van der Waals surface area contributed by atoms with Gasteiger partial charge in [0, 0.05) is 12.8 Å². The number of amides is 1. The molecule has 0 fully saturated rings. The van der Waals surface area contributed by atoms with E-state index in [4.69, 9.17) is 4.74 Å². The van der Waals surface area contributed by atoms with Crippen LogP contribution in [0.15, 0.2) is 36.5 Å². The number of rotatable bonds is 55. The van der Waals surface area contributed by atoms with Gasteiger partial charge in [0.2, 0.25) is 5.91 Å². The van der Waals surface area contributed by atoms with Crippen molar-refractivity contribution < 1.29 is 24.5 Å². The molecule has 0 aliphatic rings. The molecule has 0 aliphatic carbocycles. The van der Waals surface area contributed by atoms with Crippen LogP contribution in [0.1, 0.15) is 316 Å². The van der Waals surface area contributed by atoms with E-state index in [2.05, 4.69) is 43.5 Å². The molecule has 0 rings (SSSR count). The molecular formula is C61H115NO5. The number of allylic oxidation sites excluding steroid dienone is 5. The average molecular weight is 943 g/mol. The highest BCUT2D eigenvalue weighted by Crippen LogP contribution is 2.17. The van der Waals surface area contributed by atoms with Crippen molar-refractivity contribution in [3.05, 3.63) is 36.5 Å². The van der Waals surface area contributed by atoms with Crippen LogP contribution in [-0.4, -0.2) is 47.4 Å². The molecule has 2 unspecified atom stereocenters. The first kappa shape index (κ1) is 65.1. The fraction of sp³-hybridized carbons (Fsp3) is 0.869. The van der Waals surface area contributed by atoms with E-state index in [0.717, 1.165) is 83.5 Å². The summed E-state index contributed by atoms with van der Waals surface area (Å²) in [5, 5.41) is 23.2. The van der Waals surface area contributed by atoms with Crippen LogP contribution in [0.2, 0.25) is 0 Å². The Labute approximate surface area is 417 Å². The average Bonchev–Trinajstić information content (AvgIpc) is 3.33. The summed E-state index contributed by atoms with van der Waals surface area (Å²) in [5.41, 5.74) is 0. The van der Waals surface area contributed by atoms with Gasteiger partial charge in [0.25, 0.3) is 0 Å². The highest BCUT2D eigenvalue weighted by Gasteiger charge is 2.18. The second kappa shape index (κ2) is 56.7. The van der Waals surface area contributed by atoms with Crippen molar-refractivity contribution in [1.82, 2.24) is 5.32 Å². The van der Waals surface area contributed by atoms with Crippen LogP contribution in [0, 0.1) is 0 Å². The van der Waals surface area contributed by atoms with Gasteiger partial charge in [-0.15, -0.1) is 0 Å². The van der Waals surface area contributed by atoms with Gasteiger partial charge < -0.3 is 20.3 Å². The van der Waals surface area contributed by atoms with Gasteiger partial charge in [0.05, 0.1) is 25.4 Å². The van der Waals surface area contributed by atoms with Crippen LogP contribution >= 0.6 is 0 Å². The van der Waals surface area contributed by atoms with Gasteiger partial charge in [-0.2, -0.15) is 0 Å². The zero-order chi connectivity index (χ0) is 48.6. The Morgan fingerprint density at radius 1 is 0.403 bits per heavy atom. The van der Waals surface area contributed by atoms with Crippen LogP contribution in [0.3, 0.4) is 0 Å². The van der Waals surface area contributed by atoms with Gasteiger partial charge in [-0.3, -0.25) is 9.59 Å². The summed E-state index contributed by atoms with van der Waals surface area (Å²) in [7, 11) is 0. The molecule has 0 aromatic carbocycles. The lowest BCUT2D eigenvalue weighted by molar-refractivity contribution is -0.143. The number of carbonyl (C=O) groups excluding carboxylic acids is 2. The molecule has 67 heavy (non-hydrogen) atoms. The summed E-state index contributed by atoms with van der Waals surface area (Å²) in [6.45, 7) is 4.83. The minimum absolute atomic E-state index is 0.0411. The molecule has 1 amide bonds. The molecule has 0 saturated carbocycles. The van der Waals surface area contributed by atoms with Gasteiger partial charge in [-0.25, -0.2) is 0 Å². The summed E-state index contributed by atoms with van der Waals surface area (Å²) >= 11 is 0. The van der Waals surface area contributed by atoms with E-state index >= 15 is 0 Å². The van der Waals surface area contributed by atoms with Crippen LogP contribution in [0.4, 0.5) is 0 Å². The molecule has 6 nitrogen and oxygen atoms in total. The third kappa shape index (κ3) is 53.3. The predicted molar refractivity (Wildman–Crippen MR) is 292 cm³/mol. The molecule has 6 heteroatoms. The van der Waals surface area contributed by atoms with E-state index in [-0.39, 0.29) is 18.5 Å². The Balaban J connectivity index is 3.53. The van der Waals surface area contributed by atoms with Crippen LogP contribution in [-0.2, 0) is 14.3 Å². The van der Waals surface area contributed by atoms with Gasteiger partial charge in [-0.1, -0.05) is 256 Å². The third-order valence-corrected chi connectivity index (χ3v) is 13.6. The Bertz CT molecular complexity index is 1090. The highest BCUT2D eigenvalue weighted by molar-refractivity contribution is 5.76. The summed E-state index contributed by atoms with van der Waals surface area (Å²) < 4.78 is 5.43. The number of carbonyl (C=O) groups is 2. The molecule has 0 aliphatic heterocycles.